The lowest BCUT2D eigenvalue weighted by Crippen LogP contribution is -2.42. The Morgan fingerprint density at radius 2 is 1.33 bits per heavy atom. The normalized spacial score (nSPS) is 15.2. The van der Waals surface area contributed by atoms with Crippen LogP contribution in [0.1, 0.15) is 42.4 Å². The lowest BCUT2D eigenvalue weighted by molar-refractivity contribution is -0.113. The molecule has 7 rings (SSSR count). The minimum absolute atomic E-state index is 0.0459. The van der Waals surface area contributed by atoms with Crippen LogP contribution in [0.5, 0.6) is 17.2 Å². The molecule has 2 aliphatic rings. The summed E-state index contributed by atoms with van der Waals surface area (Å²) in [7, 11) is -5.50. The number of benzene rings is 4. The Balaban J connectivity index is 1.44. The van der Waals surface area contributed by atoms with Gasteiger partial charge in [0.2, 0.25) is 15.8 Å². The smallest absolute Gasteiger partial charge is 0.426 e. The third-order valence-corrected chi connectivity index (χ3v) is 13.1. The maximum absolute atomic E-state index is 15.8. The van der Waals surface area contributed by atoms with Crippen molar-refractivity contribution in [2.75, 3.05) is 50.6 Å². The number of carbonyl (C=O) groups is 2. The standard InChI is InChI=1S/C41H45N9O11S2/c1-58-31-14-8-28(9-15-31)25-48(26-29-10-16-32(59-2)17-11-29)62(54,55)38-34(45-63(56,57)61-41(52)47-22-4-5-23-47)20-21-36(49-24-6-7-35(44-53)40(49)51)37(38)39-42-46-50(43-39)27-30-12-18-33(60-3)19-13-30/h8-21,45,53H,4-7,22-27H2,1-3H3/b44-35+. The summed E-state index contributed by atoms with van der Waals surface area (Å²) in [6.45, 7) is 0.167. The Morgan fingerprint density at radius 1 is 0.778 bits per heavy atom. The minimum Gasteiger partial charge on any atom is -0.497 e. The van der Waals surface area contributed by atoms with E-state index in [-0.39, 0.29) is 68.5 Å². The number of hydrogen-bond donors (Lipinski definition) is 2. The molecule has 63 heavy (non-hydrogen) atoms. The van der Waals surface area contributed by atoms with E-state index in [9.17, 15) is 23.2 Å². The van der Waals surface area contributed by atoms with E-state index in [2.05, 4.69) is 25.3 Å². The predicted octanol–water partition coefficient (Wildman–Crippen LogP) is 4.65. The fraction of sp³-hybridized carbons (Fsp3) is 0.317. The quantitative estimate of drug-likeness (QED) is 0.101. The molecule has 2 fully saturated rings. The van der Waals surface area contributed by atoms with Gasteiger partial charge in [0, 0.05) is 39.1 Å². The number of rotatable bonds is 16. The number of carbonyl (C=O) groups excluding carboxylic acids is 2. The zero-order valence-electron chi connectivity index (χ0n) is 34.6. The lowest BCUT2D eigenvalue weighted by atomic mass is 10.0. The van der Waals surface area contributed by atoms with Gasteiger partial charge in [0.1, 0.15) is 27.9 Å². The Morgan fingerprint density at radius 3 is 1.87 bits per heavy atom. The fourth-order valence-corrected chi connectivity index (χ4v) is 9.77. The molecular formula is C41H45N9O11S2. The molecule has 2 aliphatic heterocycles. The monoisotopic (exact) mass is 903 g/mol. The maximum Gasteiger partial charge on any atom is 0.426 e. The second kappa shape index (κ2) is 19.1. The summed E-state index contributed by atoms with van der Waals surface area (Å²) in [5.74, 6) is 0.627. The molecule has 0 aliphatic carbocycles. The number of methoxy groups -OCH3 is 3. The molecule has 1 aromatic heterocycles. The molecule has 2 N–H and O–H groups in total. The molecule has 0 atom stereocenters. The van der Waals surface area contributed by atoms with Crippen molar-refractivity contribution >= 4 is 49.4 Å². The molecule has 2 saturated heterocycles. The van der Waals surface area contributed by atoms with Gasteiger partial charge in [0.25, 0.3) is 5.91 Å². The van der Waals surface area contributed by atoms with Gasteiger partial charge in [-0.15, -0.1) is 10.2 Å². The van der Waals surface area contributed by atoms with E-state index in [1.807, 2.05) is 0 Å². The van der Waals surface area contributed by atoms with Crippen molar-refractivity contribution in [2.45, 2.75) is 50.2 Å². The number of nitrogens with zero attached hydrogens (tertiary/aromatic N) is 8. The van der Waals surface area contributed by atoms with Crippen LogP contribution in [-0.2, 0) is 48.9 Å². The summed E-state index contributed by atoms with van der Waals surface area (Å²) >= 11 is 0. The molecule has 0 saturated carbocycles. The molecule has 2 amide bonds. The van der Waals surface area contributed by atoms with Crippen LogP contribution in [0.3, 0.4) is 0 Å². The number of aromatic nitrogens is 4. The summed E-state index contributed by atoms with van der Waals surface area (Å²) in [6, 6.07) is 22.9. The fourth-order valence-electron chi connectivity index (χ4n) is 7.18. The Labute approximate surface area is 363 Å². The first-order valence-corrected chi connectivity index (χ1v) is 22.5. The number of amides is 2. The van der Waals surface area contributed by atoms with E-state index < -0.39 is 42.9 Å². The van der Waals surface area contributed by atoms with E-state index in [1.54, 1.807) is 72.8 Å². The van der Waals surface area contributed by atoms with Gasteiger partial charge >= 0.3 is 16.4 Å². The summed E-state index contributed by atoms with van der Waals surface area (Å²) in [6.07, 6.45) is 0.627. The highest BCUT2D eigenvalue weighted by atomic mass is 32.2. The third-order valence-electron chi connectivity index (χ3n) is 10.4. The first-order chi connectivity index (χ1) is 30.3. The Bertz CT molecular complexity index is 2640. The van der Waals surface area contributed by atoms with Crippen molar-refractivity contribution in [3.05, 3.63) is 102 Å². The summed E-state index contributed by atoms with van der Waals surface area (Å²) in [4.78, 5) is 29.8. The van der Waals surface area contributed by atoms with Crippen molar-refractivity contribution in [2.24, 2.45) is 5.16 Å². The van der Waals surface area contributed by atoms with Gasteiger partial charge in [0.05, 0.1) is 44.8 Å². The summed E-state index contributed by atoms with van der Waals surface area (Å²) < 4.78 is 83.3. The number of tetrazole rings is 1. The molecule has 0 radical (unpaired) electrons. The maximum atomic E-state index is 15.8. The van der Waals surface area contributed by atoms with Crippen molar-refractivity contribution < 1.29 is 50.0 Å². The highest BCUT2D eigenvalue weighted by molar-refractivity contribution is 7.90. The largest absolute Gasteiger partial charge is 0.497 e. The number of sulfonamides is 1. The minimum atomic E-state index is -5.07. The molecular weight excluding hydrogens is 859 g/mol. The average molecular weight is 904 g/mol. The number of anilines is 2. The van der Waals surface area contributed by atoms with Crippen molar-refractivity contribution in [1.82, 2.24) is 29.4 Å². The molecule has 4 aromatic carbocycles. The van der Waals surface area contributed by atoms with Crippen molar-refractivity contribution in [3.8, 4) is 28.6 Å². The van der Waals surface area contributed by atoms with Crippen molar-refractivity contribution in [3.63, 3.8) is 0 Å². The molecule has 0 unspecified atom stereocenters. The first kappa shape index (κ1) is 44.3. The highest BCUT2D eigenvalue weighted by Gasteiger charge is 2.39. The van der Waals surface area contributed by atoms with Gasteiger partial charge in [-0.1, -0.05) is 41.6 Å². The SMILES string of the molecule is COc1ccc(CN(Cc2ccc(OC)cc2)S(=O)(=O)c2c(NS(=O)(=O)OC(=O)N3CCCC3)ccc(N3CCC/C(=N\O)C3=O)c2-c2nnn(Cc3ccc(OC)cc3)n2)cc1. The molecule has 5 aromatic rings. The van der Waals surface area contributed by atoms with E-state index in [0.29, 0.717) is 47.6 Å². The first-order valence-electron chi connectivity index (χ1n) is 19.7. The van der Waals surface area contributed by atoms with Gasteiger partial charge in [-0.05, 0) is 89.7 Å². The topological polar surface area (TPSA) is 237 Å². The van der Waals surface area contributed by atoms with Crippen LogP contribution >= 0.6 is 0 Å². The molecule has 22 heteroatoms. The molecule has 0 bridgehead atoms. The zero-order valence-corrected chi connectivity index (χ0v) is 36.2. The van der Waals surface area contributed by atoms with Crippen LogP contribution in [0.25, 0.3) is 11.4 Å². The lowest BCUT2D eigenvalue weighted by Gasteiger charge is -2.31. The van der Waals surface area contributed by atoms with Gasteiger partial charge in [-0.2, -0.15) is 17.5 Å². The second-order valence-electron chi connectivity index (χ2n) is 14.5. The highest BCUT2D eigenvalue weighted by Crippen LogP contribution is 2.43. The number of oxime groups is 1. The van der Waals surface area contributed by atoms with E-state index in [1.165, 1.54) is 42.0 Å². The van der Waals surface area contributed by atoms with Crippen LogP contribution in [0.4, 0.5) is 16.2 Å². The predicted molar refractivity (Wildman–Crippen MR) is 228 cm³/mol. The van der Waals surface area contributed by atoms with Crippen LogP contribution in [-0.4, -0.2) is 110 Å². The van der Waals surface area contributed by atoms with Crippen LogP contribution < -0.4 is 23.8 Å². The van der Waals surface area contributed by atoms with Gasteiger partial charge in [-0.3, -0.25) is 4.79 Å². The number of nitrogens with one attached hydrogen (secondary N) is 1. The average Bonchev–Trinajstić information content (AvgIpc) is 4.00. The number of piperidine rings is 1. The van der Waals surface area contributed by atoms with Crippen molar-refractivity contribution in [1.29, 1.82) is 0 Å². The summed E-state index contributed by atoms with van der Waals surface area (Å²) in [5, 5.41) is 26.0. The van der Waals surface area contributed by atoms with Gasteiger partial charge in [-0.25, -0.2) is 17.9 Å². The van der Waals surface area contributed by atoms with E-state index >= 15 is 8.42 Å². The Hall–Kier alpha value is -6.78. The second-order valence-corrected chi connectivity index (χ2v) is 17.7. The molecule has 20 nitrogen and oxygen atoms in total. The summed E-state index contributed by atoms with van der Waals surface area (Å²) in [5.41, 5.74) is 0.681. The van der Waals surface area contributed by atoms with Crippen LogP contribution in [0.2, 0.25) is 0 Å². The molecule has 3 heterocycles. The van der Waals surface area contributed by atoms with E-state index in [4.69, 9.17) is 18.4 Å². The third kappa shape index (κ3) is 10.1. The number of likely N-dealkylation sites (tertiary alicyclic amines) is 1. The van der Waals surface area contributed by atoms with Gasteiger partial charge in [0.15, 0.2) is 0 Å². The van der Waals surface area contributed by atoms with E-state index in [0.717, 1.165) is 15.9 Å². The van der Waals surface area contributed by atoms with Crippen LogP contribution in [0.15, 0.2) is 95.0 Å². The molecule has 0 spiro atoms. The Kier molecular flexibility index (Phi) is 13.4. The zero-order chi connectivity index (χ0) is 44.7. The van der Waals surface area contributed by atoms with Gasteiger partial charge < -0.3 is 33.4 Å². The number of hydrogen-bond acceptors (Lipinski definition) is 15. The van der Waals surface area contributed by atoms with Crippen LogP contribution in [0, 0.1) is 0 Å². The number of ether oxygens (including phenoxy) is 3. The molecule has 332 valence electrons.